The number of fused-ring (bicyclic) bond motifs is 1. The van der Waals surface area contributed by atoms with Gasteiger partial charge in [0, 0.05) is 23.3 Å². The summed E-state index contributed by atoms with van der Waals surface area (Å²) in [6, 6.07) is 22.7. The molecule has 5 heteroatoms. The number of aromatic nitrogens is 3. The normalized spacial score (nSPS) is 15.7. The molecule has 1 unspecified atom stereocenters. The molecule has 0 amide bonds. The Bertz CT molecular complexity index is 1120. The zero-order valence-corrected chi connectivity index (χ0v) is 16.8. The van der Waals surface area contributed by atoms with Crippen LogP contribution in [-0.2, 0) is 0 Å². The quantitative estimate of drug-likeness (QED) is 0.506. The van der Waals surface area contributed by atoms with Crippen LogP contribution in [0.25, 0.3) is 22.0 Å². The second-order valence-electron chi connectivity index (χ2n) is 7.76. The van der Waals surface area contributed by atoms with Gasteiger partial charge in [0.15, 0.2) is 5.82 Å². The van der Waals surface area contributed by atoms with Crippen molar-refractivity contribution >= 4 is 16.6 Å². The Morgan fingerprint density at radius 1 is 0.833 bits per heavy atom. The number of hydrogen-bond acceptors (Lipinski definition) is 5. The van der Waals surface area contributed by atoms with E-state index < -0.39 is 0 Å². The van der Waals surface area contributed by atoms with Crippen LogP contribution < -0.4 is 10.6 Å². The SMILES string of the molecule is c1ccc(-c2ccnc(C(Nc3nccc4ccccc34)C3CCNCC3)n2)cc1. The number of rotatable bonds is 5. The van der Waals surface area contributed by atoms with Crippen LogP contribution >= 0.6 is 0 Å². The van der Waals surface area contributed by atoms with E-state index in [4.69, 9.17) is 9.97 Å². The number of nitrogens with one attached hydrogen (secondary N) is 2. The molecule has 2 aromatic carbocycles. The van der Waals surface area contributed by atoms with E-state index in [2.05, 4.69) is 52.0 Å². The van der Waals surface area contributed by atoms with Crippen molar-refractivity contribution in [2.75, 3.05) is 18.4 Å². The van der Waals surface area contributed by atoms with E-state index in [0.717, 1.165) is 54.2 Å². The van der Waals surface area contributed by atoms with Crippen molar-refractivity contribution in [3.05, 3.63) is 84.9 Å². The Morgan fingerprint density at radius 2 is 1.60 bits per heavy atom. The van der Waals surface area contributed by atoms with Gasteiger partial charge >= 0.3 is 0 Å². The molecule has 1 fully saturated rings. The third kappa shape index (κ3) is 3.89. The molecule has 5 nitrogen and oxygen atoms in total. The van der Waals surface area contributed by atoms with Gasteiger partial charge in [0.25, 0.3) is 0 Å². The Balaban J connectivity index is 1.54. The van der Waals surface area contributed by atoms with Gasteiger partial charge in [-0.25, -0.2) is 15.0 Å². The number of benzene rings is 2. The molecular weight excluding hydrogens is 370 g/mol. The van der Waals surface area contributed by atoms with Crippen LogP contribution in [0.3, 0.4) is 0 Å². The predicted octanol–water partition coefficient (Wildman–Crippen LogP) is 4.84. The third-order valence-corrected chi connectivity index (χ3v) is 5.84. The molecule has 3 heterocycles. The molecule has 0 spiro atoms. The predicted molar refractivity (Wildman–Crippen MR) is 121 cm³/mol. The molecule has 0 aliphatic carbocycles. The Hall–Kier alpha value is -3.31. The summed E-state index contributed by atoms with van der Waals surface area (Å²) in [7, 11) is 0. The molecule has 4 aromatic rings. The minimum atomic E-state index is 0.00840. The number of anilines is 1. The first kappa shape index (κ1) is 18.7. The van der Waals surface area contributed by atoms with Gasteiger partial charge in [0.2, 0.25) is 0 Å². The summed E-state index contributed by atoms with van der Waals surface area (Å²) in [6.07, 6.45) is 5.91. The molecule has 0 radical (unpaired) electrons. The minimum absolute atomic E-state index is 0.00840. The Kier molecular flexibility index (Phi) is 5.36. The average molecular weight is 396 g/mol. The van der Waals surface area contributed by atoms with Gasteiger partial charge in [0.1, 0.15) is 5.82 Å². The van der Waals surface area contributed by atoms with Crippen molar-refractivity contribution in [2.24, 2.45) is 5.92 Å². The highest BCUT2D eigenvalue weighted by Gasteiger charge is 2.28. The van der Waals surface area contributed by atoms with Crippen LogP contribution in [-0.4, -0.2) is 28.0 Å². The maximum absolute atomic E-state index is 4.97. The monoisotopic (exact) mass is 395 g/mol. The lowest BCUT2D eigenvalue weighted by Crippen LogP contribution is -2.34. The molecule has 1 atom stereocenters. The van der Waals surface area contributed by atoms with Crippen molar-refractivity contribution in [1.29, 1.82) is 0 Å². The smallest absolute Gasteiger partial charge is 0.151 e. The molecule has 5 rings (SSSR count). The first-order valence-corrected chi connectivity index (χ1v) is 10.6. The van der Waals surface area contributed by atoms with Gasteiger partial charge in [-0.3, -0.25) is 0 Å². The topological polar surface area (TPSA) is 62.7 Å². The minimum Gasteiger partial charge on any atom is -0.359 e. The maximum Gasteiger partial charge on any atom is 0.151 e. The fourth-order valence-corrected chi connectivity index (χ4v) is 4.25. The molecule has 2 N–H and O–H groups in total. The second kappa shape index (κ2) is 8.59. The second-order valence-corrected chi connectivity index (χ2v) is 7.76. The summed E-state index contributed by atoms with van der Waals surface area (Å²) >= 11 is 0. The van der Waals surface area contributed by atoms with E-state index in [0.29, 0.717) is 5.92 Å². The molecule has 150 valence electrons. The first-order valence-electron chi connectivity index (χ1n) is 10.6. The van der Waals surface area contributed by atoms with Gasteiger partial charge in [0.05, 0.1) is 11.7 Å². The number of piperidine rings is 1. The zero-order chi connectivity index (χ0) is 20.2. The molecule has 1 aliphatic heterocycles. The van der Waals surface area contributed by atoms with Crippen LogP contribution in [0.1, 0.15) is 24.7 Å². The highest BCUT2D eigenvalue weighted by molar-refractivity contribution is 5.91. The molecule has 30 heavy (non-hydrogen) atoms. The number of pyridine rings is 1. The van der Waals surface area contributed by atoms with Gasteiger partial charge in [-0.1, -0.05) is 54.6 Å². The fraction of sp³-hybridized carbons (Fsp3) is 0.240. The lowest BCUT2D eigenvalue weighted by molar-refractivity contribution is 0.328. The summed E-state index contributed by atoms with van der Waals surface area (Å²) in [4.78, 5) is 14.3. The molecule has 2 aromatic heterocycles. The van der Waals surface area contributed by atoms with Crippen LogP contribution in [0.2, 0.25) is 0 Å². The molecular formula is C25H25N5. The van der Waals surface area contributed by atoms with Crippen LogP contribution in [0.15, 0.2) is 79.1 Å². The fourth-order valence-electron chi connectivity index (χ4n) is 4.25. The van der Waals surface area contributed by atoms with Crippen molar-refractivity contribution in [2.45, 2.75) is 18.9 Å². The zero-order valence-electron chi connectivity index (χ0n) is 16.8. The van der Waals surface area contributed by atoms with Crippen molar-refractivity contribution in [3.63, 3.8) is 0 Å². The van der Waals surface area contributed by atoms with E-state index in [1.165, 1.54) is 5.39 Å². The van der Waals surface area contributed by atoms with E-state index in [9.17, 15) is 0 Å². The molecule has 0 bridgehead atoms. The molecule has 1 aliphatic rings. The number of nitrogens with zero attached hydrogens (tertiary/aromatic N) is 3. The van der Waals surface area contributed by atoms with Crippen LogP contribution in [0.5, 0.6) is 0 Å². The van der Waals surface area contributed by atoms with Gasteiger partial charge < -0.3 is 10.6 Å². The van der Waals surface area contributed by atoms with E-state index in [-0.39, 0.29) is 6.04 Å². The highest BCUT2D eigenvalue weighted by atomic mass is 15.1. The van der Waals surface area contributed by atoms with Gasteiger partial charge in [-0.05, 0) is 49.4 Å². The van der Waals surface area contributed by atoms with Gasteiger partial charge in [-0.2, -0.15) is 0 Å². The Morgan fingerprint density at radius 3 is 2.47 bits per heavy atom. The van der Waals surface area contributed by atoms with Crippen LogP contribution in [0.4, 0.5) is 5.82 Å². The van der Waals surface area contributed by atoms with E-state index in [1.807, 2.05) is 42.7 Å². The summed E-state index contributed by atoms with van der Waals surface area (Å²) in [5.41, 5.74) is 2.06. The van der Waals surface area contributed by atoms with E-state index >= 15 is 0 Å². The molecule has 0 saturated carbocycles. The van der Waals surface area contributed by atoms with E-state index in [1.54, 1.807) is 0 Å². The highest BCUT2D eigenvalue weighted by Crippen LogP contribution is 2.33. The lowest BCUT2D eigenvalue weighted by Gasteiger charge is -2.31. The summed E-state index contributed by atoms with van der Waals surface area (Å²) in [5.74, 6) is 2.17. The summed E-state index contributed by atoms with van der Waals surface area (Å²) < 4.78 is 0. The Labute approximate surface area is 176 Å². The maximum atomic E-state index is 4.97. The van der Waals surface area contributed by atoms with Crippen LogP contribution in [0, 0.1) is 5.92 Å². The average Bonchev–Trinajstić information content (AvgIpc) is 2.84. The third-order valence-electron chi connectivity index (χ3n) is 5.84. The number of hydrogen-bond donors (Lipinski definition) is 2. The van der Waals surface area contributed by atoms with Crippen molar-refractivity contribution in [1.82, 2.24) is 20.3 Å². The summed E-state index contributed by atoms with van der Waals surface area (Å²) in [5, 5.41) is 9.49. The van der Waals surface area contributed by atoms with Crippen molar-refractivity contribution in [3.8, 4) is 11.3 Å². The van der Waals surface area contributed by atoms with Gasteiger partial charge in [-0.15, -0.1) is 0 Å². The van der Waals surface area contributed by atoms with Crippen molar-refractivity contribution < 1.29 is 0 Å². The standard InChI is InChI=1S/C25H25N5/c1-2-7-19(8-3-1)22-13-17-28-25(29-22)23(20-10-14-26-15-11-20)30-24-21-9-5-4-6-18(21)12-16-27-24/h1-9,12-13,16-17,20,23,26H,10-11,14-15H2,(H,27,30). The molecule has 1 saturated heterocycles. The largest absolute Gasteiger partial charge is 0.359 e. The lowest BCUT2D eigenvalue weighted by atomic mass is 9.89. The summed E-state index contributed by atoms with van der Waals surface area (Å²) in [6.45, 7) is 2.04. The first-order chi connectivity index (χ1) is 14.9.